The molecule has 3 heteroatoms. The van der Waals surface area contributed by atoms with E-state index in [0.29, 0.717) is 0 Å². The summed E-state index contributed by atoms with van der Waals surface area (Å²) in [6, 6.07) is 6.83. The highest BCUT2D eigenvalue weighted by Crippen LogP contribution is 2.27. The third-order valence-corrected chi connectivity index (χ3v) is 2.18. The number of hydrogen-bond acceptors (Lipinski definition) is 2. The van der Waals surface area contributed by atoms with Crippen molar-refractivity contribution >= 4 is 11.3 Å². The lowest BCUT2D eigenvalue weighted by molar-refractivity contribution is -0.385. The molecule has 0 aliphatic rings. The third-order valence-electron chi connectivity index (χ3n) is 2.18. The maximum atomic E-state index is 10.7. The first-order valence-electron chi connectivity index (χ1n) is 4.59. The van der Waals surface area contributed by atoms with E-state index in [1.807, 2.05) is 26.0 Å². The van der Waals surface area contributed by atoms with Crippen LogP contribution in [0.15, 0.2) is 30.3 Å². The van der Waals surface area contributed by atoms with Crippen molar-refractivity contribution in [3.63, 3.8) is 0 Å². The second kappa shape index (κ2) is 4.56. The van der Waals surface area contributed by atoms with E-state index in [-0.39, 0.29) is 10.6 Å². The molecule has 1 aromatic carbocycles. The third kappa shape index (κ3) is 1.99. The minimum Gasteiger partial charge on any atom is -0.258 e. The lowest BCUT2D eigenvalue weighted by Gasteiger charge is -2.04. The monoisotopic (exact) mass is 191 g/mol. The van der Waals surface area contributed by atoms with Crippen molar-refractivity contribution in [1.82, 2.24) is 0 Å². The zero-order chi connectivity index (χ0) is 10.6. The van der Waals surface area contributed by atoms with Gasteiger partial charge >= 0.3 is 0 Å². The van der Waals surface area contributed by atoms with E-state index in [9.17, 15) is 10.1 Å². The summed E-state index contributed by atoms with van der Waals surface area (Å²) in [6.07, 6.45) is 2.73. The number of allylic oxidation sites excluding steroid dienone is 2. The minimum atomic E-state index is -0.339. The molecule has 0 saturated carbocycles. The Balaban J connectivity index is 3.26. The average molecular weight is 191 g/mol. The molecule has 0 N–H and O–H groups in total. The van der Waals surface area contributed by atoms with E-state index in [1.54, 1.807) is 12.1 Å². The number of nitro benzene ring substituents is 1. The molecule has 0 aromatic heterocycles. The van der Waals surface area contributed by atoms with E-state index in [2.05, 4.69) is 0 Å². The van der Waals surface area contributed by atoms with Crippen LogP contribution < -0.4 is 0 Å². The zero-order valence-corrected chi connectivity index (χ0v) is 8.36. The highest BCUT2D eigenvalue weighted by molar-refractivity contribution is 5.72. The first kappa shape index (κ1) is 10.4. The topological polar surface area (TPSA) is 43.1 Å². The van der Waals surface area contributed by atoms with Gasteiger partial charge in [0.15, 0.2) is 0 Å². The molecule has 0 bridgehead atoms. The molecule has 0 radical (unpaired) electrons. The van der Waals surface area contributed by atoms with Gasteiger partial charge in [0.1, 0.15) is 0 Å². The van der Waals surface area contributed by atoms with Gasteiger partial charge in [-0.25, -0.2) is 0 Å². The smallest absolute Gasteiger partial charge is 0.258 e. The lowest BCUT2D eigenvalue weighted by Crippen LogP contribution is -1.94. The molecule has 1 rings (SSSR count). The maximum absolute atomic E-state index is 10.7. The Morgan fingerprint density at radius 2 is 2.14 bits per heavy atom. The number of nitrogens with zero attached hydrogens (tertiary/aromatic N) is 1. The molecular formula is C11H13NO2. The van der Waals surface area contributed by atoms with Crippen LogP contribution in [-0.2, 0) is 0 Å². The largest absolute Gasteiger partial charge is 0.276 e. The highest BCUT2D eigenvalue weighted by atomic mass is 16.6. The van der Waals surface area contributed by atoms with E-state index < -0.39 is 0 Å². The predicted molar refractivity (Wildman–Crippen MR) is 57.0 cm³/mol. The summed E-state index contributed by atoms with van der Waals surface area (Å²) in [6.45, 7) is 3.89. The standard InChI is InChI=1S/C11H13NO2/c1-3-9(4-2)10-7-5-6-8-11(10)12(13)14/h3,5-8H,4H2,1-2H3/b9-3+. The van der Waals surface area contributed by atoms with Gasteiger partial charge in [-0.15, -0.1) is 0 Å². The maximum Gasteiger partial charge on any atom is 0.276 e. The normalized spacial score (nSPS) is 11.4. The van der Waals surface area contributed by atoms with Crippen LogP contribution >= 0.6 is 0 Å². The second-order valence-electron chi connectivity index (χ2n) is 2.94. The fraction of sp³-hybridized carbons (Fsp3) is 0.273. The van der Waals surface area contributed by atoms with Gasteiger partial charge in [0.05, 0.1) is 10.5 Å². The molecule has 0 atom stereocenters. The summed E-state index contributed by atoms with van der Waals surface area (Å²) in [4.78, 5) is 10.4. The van der Waals surface area contributed by atoms with Crippen molar-refractivity contribution in [3.8, 4) is 0 Å². The van der Waals surface area contributed by atoms with Gasteiger partial charge in [-0.3, -0.25) is 10.1 Å². The van der Waals surface area contributed by atoms with Crippen LogP contribution in [0.4, 0.5) is 5.69 Å². The average Bonchev–Trinajstić information content (AvgIpc) is 2.20. The number of hydrogen-bond donors (Lipinski definition) is 0. The van der Waals surface area contributed by atoms with Crippen molar-refractivity contribution < 1.29 is 4.92 Å². The van der Waals surface area contributed by atoms with Gasteiger partial charge in [-0.2, -0.15) is 0 Å². The molecule has 14 heavy (non-hydrogen) atoms. The first-order chi connectivity index (χ1) is 6.70. The van der Waals surface area contributed by atoms with Crippen LogP contribution in [0.25, 0.3) is 5.57 Å². The van der Waals surface area contributed by atoms with Crippen LogP contribution in [0.1, 0.15) is 25.8 Å². The zero-order valence-electron chi connectivity index (χ0n) is 8.36. The Morgan fingerprint density at radius 3 is 2.64 bits per heavy atom. The molecule has 0 aliphatic heterocycles. The molecule has 0 fully saturated rings. The number of benzene rings is 1. The van der Waals surface area contributed by atoms with Crippen LogP contribution in [-0.4, -0.2) is 4.92 Å². The van der Waals surface area contributed by atoms with Gasteiger partial charge in [0.25, 0.3) is 5.69 Å². The van der Waals surface area contributed by atoms with Crippen molar-refractivity contribution in [2.75, 3.05) is 0 Å². The molecule has 0 heterocycles. The lowest BCUT2D eigenvalue weighted by atomic mass is 10.0. The molecule has 1 aromatic rings. The molecule has 0 saturated heterocycles. The van der Waals surface area contributed by atoms with Gasteiger partial charge in [-0.1, -0.05) is 25.1 Å². The first-order valence-corrected chi connectivity index (χ1v) is 4.59. The van der Waals surface area contributed by atoms with E-state index in [0.717, 1.165) is 17.6 Å². The van der Waals surface area contributed by atoms with Gasteiger partial charge < -0.3 is 0 Å². The SMILES string of the molecule is C/C=C(\CC)c1ccccc1[N+](=O)[O-]. The summed E-state index contributed by atoms with van der Waals surface area (Å²) in [5.74, 6) is 0. The van der Waals surface area contributed by atoms with E-state index in [4.69, 9.17) is 0 Å². The summed E-state index contributed by atoms with van der Waals surface area (Å²) in [5, 5.41) is 10.7. The Bertz CT molecular complexity index is 369. The molecular weight excluding hydrogens is 178 g/mol. The summed E-state index contributed by atoms with van der Waals surface area (Å²) in [7, 11) is 0. The predicted octanol–water partition coefficient (Wildman–Crippen LogP) is 3.41. The van der Waals surface area contributed by atoms with Crippen molar-refractivity contribution in [3.05, 3.63) is 46.0 Å². The van der Waals surface area contributed by atoms with Crippen LogP contribution in [0.2, 0.25) is 0 Å². The molecule has 0 aliphatic carbocycles. The van der Waals surface area contributed by atoms with E-state index in [1.165, 1.54) is 6.07 Å². The van der Waals surface area contributed by atoms with Gasteiger partial charge in [0, 0.05) is 6.07 Å². The number of para-hydroxylation sites is 1. The quantitative estimate of drug-likeness (QED) is 0.542. The van der Waals surface area contributed by atoms with Crippen LogP contribution in [0.3, 0.4) is 0 Å². The Hall–Kier alpha value is -1.64. The highest BCUT2D eigenvalue weighted by Gasteiger charge is 2.13. The van der Waals surface area contributed by atoms with E-state index >= 15 is 0 Å². The van der Waals surface area contributed by atoms with Crippen molar-refractivity contribution in [1.29, 1.82) is 0 Å². The Kier molecular flexibility index (Phi) is 3.40. The molecule has 0 unspecified atom stereocenters. The number of nitro groups is 1. The van der Waals surface area contributed by atoms with Crippen molar-refractivity contribution in [2.45, 2.75) is 20.3 Å². The Labute approximate surface area is 83.2 Å². The molecule has 3 nitrogen and oxygen atoms in total. The minimum absolute atomic E-state index is 0.183. The Morgan fingerprint density at radius 1 is 1.50 bits per heavy atom. The molecule has 0 spiro atoms. The van der Waals surface area contributed by atoms with Crippen molar-refractivity contribution in [2.24, 2.45) is 0 Å². The van der Waals surface area contributed by atoms with Crippen LogP contribution in [0.5, 0.6) is 0 Å². The number of rotatable bonds is 3. The molecule has 0 amide bonds. The van der Waals surface area contributed by atoms with Crippen LogP contribution in [0, 0.1) is 10.1 Å². The fourth-order valence-corrected chi connectivity index (χ4v) is 1.45. The summed E-state index contributed by atoms with van der Waals surface area (Å²) in [5.41, 5.74) is 1.92. The summed E-state index contributed by atoms with van der Waals surface area (Å²) >= 11 is 0. The van der Waals surface area contributed by atoms with Gasteiger partial charge in [-0.05, 0) is 25.0 Å². The van der Waals surface area contributed by atoms with Gasteiger partial charge in [0.2, 0.25) is 0 Å². The fourth-order valence-electron chi connectivity index (χ4n) is 1.45. The summed E-state index contributed by atoms with van der Waals surface area (Å²) < 4.78 is 0. The molecule has 74 valence electrons. The second-order valence-corrected chi connectivity index (χ2v) is 2.94.